The lowest BCUT2D eigenvalue weighted by molar-refractivity contribution is 0.415. The Morgan fingerprint density at radius 2 is 1.78 bits per heavy atom. The van der Waals surface area contributed by atoms with Gasteiger partial charge in [-0.2, -0.15) is 0 Å². The van der Waals surface area contributed by atoms with E-state index in [0.29, 0.717) is 5.82 Å². The Balaban J connectivity index is 1.88. The van der Waals surface area contributed by atoms with Crippen LogP contribution in [0.4, 0.5) is 5.82 Å². The zero-order valence-corrected chi connectivity index (χ0v) is 15.4. The lowest BCUT2D eigenvalue weighted by Gasteiger charge is -2.09. The van der Waals surface area contributed by atoms with E-state index in [1.54, 1.807) is 13.4 Å². The zero-order chi connectivity index (χ0) is 18.6. The Morgan fingerprint density at radius 1 is 1.00 bits per heavy atom. The number of ether oxygens (including phenoxy) is 1. The number of anilines is 1. The Morgan fingerprint density at radius 3 is 2.48 bits per heavy atom. The molecule has 6 nitrogen and oxygen atoms in total. The SMILES string of the molecule is CCCNc1nc(-c2ccc(OC)cc2)nc2c1ncn2-c1ccccc1. The van der Waals surface area contributed by atoms with Crippen LogP contribution >= 0.6 is 0 Å². The average Bonchev–Trinajstić information content (AvgIpc) is 3.17. The van der Waals surface area contributed by atoms with E-state index in [0.717, 1.165) is 46.9 Å². The third-order valence-electron chi connectivity index (χ3n) is 4.32. The molecule has 136 valence electrons. The molecule has 6 heteroatoms. The summed E-state index contributed by atoms with van der Waals surface area (Å²) < 4.78 is 7.24. The zero-order valence-electron chi connectivity index (χ0n) is 15.4. The lowest BCUT2D eigenvalue weighted by Crippen LogP contribution is -2.05. The number of hydrogen-bond donors (Lipinski definition) is 1. The Hall–Kier alpha value is -3.41. The standard InChI is InChI=1S/C21H21N5O/c1-3-13-22-20-18-21(26(14-23-18)16-7-5-4-6-8-16)25-19(24-20)15-9-11-17(27-2)12-10-15/h4-12,14H,3,13H2,1-2H3,(H,22,24,25). The molecule has 0 aliphatic rings. The molecule has 2 aromatic heterocycles. The van der Waals surface area contributed by atoms with Crippen LogP contribution in [0.2, 0.25) is 0 Å². The van der Waals surface area contributed by atoms with E-state index in [2.05, 4.69) is 17.2 Å². The molecule has 0 amide bonds. The maximum Gasteiger partial charge on any atom is 0.170 e. The Kier molecular flexibility index (Phi) is 4.70. The number of benzene rings is 2. The van der Waals surface area contributed by atoms with E-state index in [1.807, 2.05) is 59.2 Å². The number of fused-ring (bicyclic) bond motifs is 1. The van der Waals surface area contributed by atoms with Crippen LogP contribution in [-0.4, -0.2) is 33.2 Å². The highest BCUT2D eigenvalue weighted by Crippen LogP contribution is 2.27. The van der Waals surface area contributed by atoms with E-state index in [4.69, 9.17) is 14.7 Å². The van der Waals surface area contributed by atoms with Gasteiger partial charge in [0, 0.05) is 17.8 Å². The van der Waals surface area contributed by atoms with Gasteiger partial charge in [-0.15, -0.1) is 0 Å². The van der Waals surface area contributed by atoms with Crippen molar-refractivity contribution in [3.05, 3.63) is 60.9 Å². The molecule has 4 rings (SSSR count). The Bertz CT molecular complexity index is 1040. The number of hydrogen-bond acceptors (Lipinski definition) is 5. The molecular formula is C21H21N5O. The highest BCUT2D eigenvalue weighted by molar-refractivity contribution is 5.86. The molecule has 0 aliphatic heterocycles. The van der Waals surface area contributed by atoms with Crippen LogP contribution in [-0.2, 0) is 0 Å². The first-order valence-electron chi connectivity index (χ1n) is 8.99. The topological polar surface area (TPSA) is 64.9 Å². The van der Waals surface area contributed by atoms with Crippen LogP contribution in [0.5, 0.6) is 5.75 Å². The largest absolute Gasteiger partial charge is 0.497 e. The van der Waals surface area contributed by atoms with E-state index in [-0.39, 0.29) is 0 Å². The normalized spacial score (nSPS) is 10.9. The van der Waals surface area contributed by atoms with Crippen LogP contribution < -0.4 is 10.1 Å². The minimum Gasteiger partial charge on any atom is -0.497 e. The van der Waals surface area contributed by atoms with E-state index >= 15 is 0 Å². The van der Waals surface area contributed by atoms with Gasteiger partial charge in [-0.25, -0.2) is 15.0 Å². The predicted octanol–water partition coefficient (Wildman–Crippen LogP) is 4.31. The van der Waals surface area contributed by atoms with Crippen molar-refractivity contribution in [3.8, 4) is 22.8 Å². The fraction of sp³-hybridized carbons (Fsp3) is 0.190. The smallest absolute Gasteiger partial charge is 0.170 e. The van der Waals surface area contributed by atoms with Crippen molar-refractivity contribution in [3.63, 3.8) is 0 Å². The molecule has 2 heterocycles. The van der Waals surface area contributed by atoms with Crippen molar-refractivity contribution in [1.29, 1.82) is 0 Å². The average molecular weight is 359 g/mol. The second-order valence-electron chi connectivity index (χ2n) is 6.17. The summed E-state index contributed by atoms with van der Waals surface area (Å²) in [5.41, 5.74) is 3.49. The van der Waals surface area contributed by atoms with Gasteiger partial charge in [0.2, 0.25) is 0 Å². The van der Waals surface area contributed by atoms with E-state index in [1.165, 1.54) is 0 Å². The maximum atomic E-state index is 5.25. The van der Waals surface area contributed by atoms with Crippen LogP contribution in [0, 0.1) is 0 Å². The van der Waals surface area contributed by atoms with Crippen molar-refractivity contribution in [2.75, 3.05) is 19.0 Å². The molecular weight excluding hydrogens is 338 g/mol. The minimum atomic E-state index is 0.654. The number of aromatic nitrogens is 4. The van der Waals surface area contributed by atoms with Crippen molar-refractivity contribution in [2.45, 2.75) is 13.3 Å². The molecule has 2 aromatic carbocycles. The quantitative estimate of drug-likeness (QED) is 0.556. The Labute approximate surface area is 157 Å². The third-order valence-corrected chi connectivity index (χ3v) is 4.32. The number of nitrogens with one attached hydrogen (secondary N) is 1. The van der Waals surface area contributed by atoms with E-state index < -0.39 is 0 Å². The molecule has 0 aliphatic carbocycles. The fourth-order valence-corrected chi connectivity index (χ4v) is 2.91. The summed E-state index contributed by atoms with van der Waals surface area (Å²) in [4.78, 5) is 14.1. The monoisotopic (exact) mass is 359 g/mol. The number of methoxy groups -OCH3 is 1. The number of imidazole rings is 1. The predicted molar refractivity (Wildman–Crippen MR) is 107 cm³/mol. The van der Waals surface area contributed by atoms with Crippen LogP contribution in [0.3, 0.4) is 0 Å². The summed E-state index contributed by atoms with van der Waals surface area (Å²) in [6.45, 7) is 2.95. The lowest BCUT2D eigenvalue weighted by atomic mass is 10.2. The van der Waals surface area contributed by atoms with Crippen molar-refractivity contribution in [2.24, 2.45) is 0 Å². The highest BCUT2D eigenvalue weighted by Gasteiger charge is 2.15. The van der Waals surface area contributed by atoms with Gasteiger partial charge in [-0.05, 0) is 42.8 Å². The van der Waals surface area contributed by atoms with Gasteiger partial charge in [-0.3, -0.25) is 4.57 Å². The van der Waals surface area contributed by atoms with Gasteiger partial charge >= 0.3 is 0 Å². The minimum absolute atomic E-state index is 0.654. The fourth-order valence-electron chi connectivity index (χ4n) is 2.91. The van der Waals surface area contributed by atoms with Crippen molar-refractivity contribution >= 4 is 17.0 Å². The van der Waals surface area contributed by atoms with Gasteiger partial charge in [0.1, 0.15) is 12.1 Å². The van der Waals surface area contributed by atoms with Crippen LogP contribution in [0.15, 0.2) is 60.9 Å². The second-order valence-corrected chi connectivity index (χ2v) is 6.17. The molecule has 0 fully saturated rings. The van der Waals surface area contributed by atoms with Crippen LogP contribution in [0.25, 0.3) is 28.2 Å². The van der Waals surface area contributed by atoms with Gasteiger partial charge in [-0.1, -0.05) is 25.1 Å². The molecule has 0 bridgehead atoms. The molecule has 0 radical (unpaired) electrons. The summed E-state index contributed by atoms with van der Waals surface area (Å²) in [5.74, 6) is 2.21. The van der Waals surface area contributed by atoms with Crippen molar-refractivity contribution in [1.82, 2.24) is 19.5 Å². The summed E-state index contributed by atoms with van der Waals surface area (Å²) >= 11 is 0. The molecule has 4 aromatic rings. The molecule has 0 atom stereocenters. The third kappa shape index (κ3) is 3.33. The van der Waals surface area contributed by atoms with Crippen LogP contribution in [0.1, 0.15) is 13.3 Å². The maximum absolute atomic E-state index is 5.25. The molecule has 1 N–H and O–H groups in total. The van der Waals surface area contributed by atoms with Gasteiger partial charge in [0.25, 0.3) is 0 Å². The number of rotatable bonds is 6. The van der Waals surface area contributed by atoms with E-state index in [9.17, 15) is 0 Å². The molecule has 0 spiro atoms. The summed E-state index contributed by atoms with van der Waals surface area (Å²) in [6, 6.07) is 17.8. The second kappa shape index (κ2) is 7.45. The van der Waals surface area contributed by atoms with Gasteiger partial charge in [0.05, 0.1) is 7.11 Å². The van der Waals surface area contributed by atoms with Gasteiger partial charge < -0.3 is 10.1 Å². The van der Waals surface area contributed by atoms with Crippen molar-refractivity contribution < 1.29 is 4.74 Å². The summed E-state index contributed by atoms with van der Waals surface area (Å²) in [6.07, 6.45) is 2.80. The van der Waals surface area contributed by atoms with Gasteiger partial charge in [0.15, 0.2) is 22.8 Å². The first-order chi connectivity index (χ1) is 13.3. The number of para-hydroxylation sites is 1. The summed E-state index contributed by atoms with van der Waals surface area (Å²) in [7, 11) is 1.66. The molecule has 0 saturated heterocycles. The molecule has 0 saturated carbocycles. The molecule has 0 unspecified atom stereocenters. The number of nitrogens with zero attached hydrogens (tertiary/aromatic N) is 4. The molecule has 27 heavy (non-hydrogen) atoms. The first kappa shape index (κ1) is 17.0. The summed E-state index contributed by atoms with van der Waals surface area (Å²) in [5, 5.41) is 3.38. The highest BCUT2D eigenvalue weighted by atomic mass is 16.5. The first-order valence-corrected chi connectivity index (χ1v) is 8.99.